The molecule has 1 rings (SSSR count). The molecule has 18 heavy (non-hydrogen) atoms. The molecule has 0 spiro atoms. The molecular formula is C13H21N3O2. The number of aromatic nitrogens is 2. The number of esters is 1. The first kappa shape index (κ1) is 14.4. The highest BCUT2D eigenvalue weighted by atomic mass is 16.5. The Morgan fingerprint density at radius 1 is 1.28 bits per heavy atom. The summed E-state index contributed by atoms with van der Waals surface area (Å²) in [5, 5.41) is 7.99. The van der Waals surface area contributed by atoms with Crippen molar-refractivity contribution < 1.29 is 9.53 Å². The van der Waals surface area contributed by atoms with Gasteiger partial charge in [-0.2, -0.15) is 0 Å². The van der Waals surface area contributed by atoms with Crippen LogP contribution in [0.2, 0.25) is 0 Å². The van der Waals surface area contributed by atoms with Crippen LogP contribution in [0.5, 0.6) is 0 Å². The summed E-state index contributed by atoms with van der Waals surface area (Å²) in [5.41, 5.74) is 0.257. The highest BCUT2D eigenvalue weighted by Gasteiger charge is 2.11. The van der Waals surface area contributed by atoms with Gasteiger partial charge in [0.1, 0.15) is 0 Å². The molecule has 0 aromatic carbocycles. The van der Waals surface area contributed by atoms with Crippen molar-refractivity contribution in [2.24, 2.45) is 0 Å². The van der Waals surface area contributed by atoms with Gasteiger partial charge in [0.2, 0.25) is 0 Å². The number of anilines is 1. The SMILES string of the molecule is CCCCN(CC)c1ccc(C(=O)OCC)nn1. The molecule has 0 radical (unpaired) electrons. The van der Waals surface area contributed by atoms with Crippen molar-refractivity contribution in [2.75, 3.05) is 24.6 Å². The lowest BCUT2D eigenvalue weighted by molar-refractivity contribution is 0.0518. The van der Waals surface area contributed by atoms with E-state index in [0.29, 0.717) is 6.61 Å². The number of carbonyl (C=O) groups excluding carboxylic acids is 1. The van der Waals surface area contributed by atoms with Gasteiger partial charge < -0.3 is 9.64 Å². The van der Waals surface area contributed by atoms with E-state index in [-0.39, 0.29) is 5.69 Å². The van der Waals surface area contributed by atoms with Crippen LogP contribution in [-0.2, 0) is 4.74 Å². The van der Waals surface area contributed by atoms with E-state index in [1.165, 1.54) is 0 Å². The summed E-state index contributed by atoms with van der Waals surface area (Å²) in [7, 11) is 0. The average Bonchev–Trinajstić information content (AvgIpc) is 2.40. The van der Waals surface area contributed by atoms with Gasteiger partial charge in [0.05, 0.1) is 6.61 Å². The fourth-order valence-electron chi connectivity index (χ4n) is 1.59. The third kappa shape index (κ3) is 3.98. The molecule has 100 valence electrons. The molecule has 0 saturated heterocycles. The Balaban J connectivity index is 2.71. The zero-order valence-electron chi connectivity index (χ0n) is 11.3. The fraction of sp³-hybridized carbons (Fsp3) is 0.615. The molecule has 5 heteroatoms. The molecule has 0 bridgehead atoms. The molecule has 0 amide bonds. The van der Waals surface area contributed by atoms with Crippen LogP contribution in [0.4, 0.5) is 5.82 Å². The van der Waals surface area contributed by atoms with Crippen molar-refractivity contribution in [3.8, 4) is 0 Å². The molecule has 0 aliphatic carbocycles. The van der Waals surface area contributed by atoms with E-state index in [0.717, 1.165) is 31.7 Å². The highest BCUT2D eigenvalue weighted by molar-refractivity contribution is 5.87. The minimum absolute atomic E-state index is 0.257. The van der Waals surface area contributed by atoms with Crippen molar-refractivity contribution >= 4 is 11.8 Å². The minimum atomic E-state index is -0.423. The van der Waals surface area contributed by atoms with Gasteiger partial charge in [-0.05, 0) is 32.4 Å². The lowest BCUT2D eigenvalue weighted by atomic mass is 10.3. The van der Waals surface area contributed by atoms with E-state index in [1.807, 2.05) is 6.07 Å². The smallest absolute Gasteiger partial charge is 0.358 e. The summed E-state index contributed by atoms with van der Waals surface area (Å²) in [6, 6.07) is 3.48. The standard InChI is InChI=1S/C13H21N3O2/c1-4-7-10-16(5-2)12-9-8-11(14-15-12)13(17)18-6-3/h8-9H,4-7,10H2,1-3H3. The van der Waals surface area contributed by atoms with Gasteiger partial charge in [-0.1, -0.05) is 13.3 Å². The van der Waals surface area contributed by atoms with Gasteiger partial charge in [0, 0.05) is 13.1 Å². The predicted molar refractivity (Wildman–Crippen MR) is 70.8 cm³/mol. The number of carbonyl (C=O) groups is 1. The van der Waals surface area contributed by atoms with Gasteiger partial charge in [-0.3, -0.25) is 0 Å². The van der Waals surface area contributed by atoms with Crippen LogP contribution < -0.4 is 4.90 Å². The first-order valence-electron chi connectivity index (χ1n) is 6.48. The molecule has 0 aliphatic rings. The van der Waals surface area contributed by atoms with Crippen molar-refractivity contribution in [1.82, 2.24) is 10.2 Å². The molecule has 1 heterocycles. The molecule has 0 saturated carbocycles. The quantitative estimate of drug-likeness (QED) is 0.696. The maximum Gasteiger partial charge on any atom is 0.358 e. The molecule has 0 unspecified atom stereocenters. The van der Waals surface area contributed by atoms with Gasteiger partial charge in [0.25, 0.3) is 0 Å². The Hall–Kier alpha value is -1.65. The summed E-state index contributed by atoms with van der Waals surface area (Å²) in [6.07, 6.45) is 2.26. The summed E-state index contributed by atoms with van der Waals surface area (Å²) in [6.45, 7) is 8.19. The molecular weight excluding hydrogens is 230 g/mol. The second kappa shape index (κ2) is 7.63. The number of hydrogen-bond donors (Lipinski definition) is 0. The summed E-state index contributed by atoms with van der Waals surface area (Å²) >= 11 is 0. The largest absolute Gasteiger partial charge is 0.461 e. The lowest BCUT2D eigenvalue weighted by Gasteiger charge is -2.20. The van der Waals surface area contributed by atoms with Crippen molar-refractivity contribution in [1.29, 1.82) is 0 Å². The summed E-state index contributed by atoms with van der Waals surface area (Å²) < 4.78 is 4.86. The van der Waals surface area contributed by atoms with Crippen molar-refractivity contribution in [3.05, 3.63) is 17.8 Å². The number of ether oxygens (including phenoxy) is 1. The van der Waals surface area contributed by atoms with Gasteiger partial charge in [-0.15, -0.1) is 10.2 Å². The monoisotopic (exact) mass is 251 g/mol. The van der Waals surface area contributed by atoms with E-state index < -0.39 is 5.97 Å². The zero-order chi connectivity index (χ0) is 13.4. The van der Waals surface area contributed by atoms with Gasteiger partial charge >= 0.3 is 5.97 Å². The van der Waals surface area contributed by atoms with E-state index >= 15 is 0 Å². The first-order valence-corrected chi connectivity index (χ1v) is 6.48. The van der Waals surface area contributed by atoms with Crippen LogP contribution in [-0.4, -0.2) is 35.9 Å². The molecule has 5 nitrogen and oxygen atoms in total. The van der Waals surface area contributed by atoms with Crippen LogP contribution in [0.3, 0.4) is 0 Å². The lowest BCUT2D eigenvalue weighted by Crippen LogP contribution is -2.25. The van der Waals surface area contributed by atoms with Crippen LogP contribution in [0.1, 0.15) is 44.1 Å². The minimum Gasteiger partial charge on any atom is -0.461 e. The summed E-state index contributed by atoms with van der Waals surface area (Å²) in [4.78, 5) is 13.6. The number of nitrogens with zero attached hydrogens (tertiary/aromatic N) is 3. The van der Waals surface area contributed by atoms with E-state index in [4.69, 9.17) is 4.74 Å². The Labute approximate surface area is 108 Å². The third-order valence-corrected chi connectivity index (χ3v) is 2.62. The number of hydrogen-bond acceptors (Lipinski definition) is 5. The van der Waals surface area contributed by atoms with E-state index in [1.54, 1.807) is 13.0 Å². The van der Waals surface area contributed by atoms with Gasteiger partial charge in [-0.25, -0.2) is 4.79 Å². The van der Waals surface area contributed by atoms with Crippen LogP contribution >= 0.6 is 0 Å². The molecule has 0 aliphatic heterocycles. The maximum atomic E-state index is 11.4. The Morgan fingerprint density at radius 3 is 2.56 bits per heavy atom. The average molecular weight is 251 g/mol. The van der Waals surface area contributed by atoms with E-state index in [9.17, 15) is 4.79 Å². The van der Waals surface area contributed by atoms with Crippen LogP contribution in [0, 0.1) is 0 Å². The van der Waals surface area contributed by atoms with Crippen molar-refractivity contribution in [3.63, 3.8) is 0 Å². The normalized spacial score (nSPS) is 10.2. The Bertz CT molecular complexity index is 365. The second-order valence-electron chi connectivity index (χ2n) is 3.93. The second-order valence-corrected chi connectivity index (χ2v) is 3.93. The summed E-state index contributed by atoms with van der Waals surface area (Å²) in [5.74, 6) is 0.382. The number of rotatable bonds is 7. The molecule has 0 N–H and O–H groups in total. The zero-order valence-corrected chi connectivity index (χ0v) is 11.3. The third-order valence-electron chi connectivity index (χ3n) is 2.62. The van der Waals surface area contributed by atoms with Gasteiger partial charge in [0.15, 0.2) is 11.5 Å². The topological polar surface area (TPSA) is 55.3 Å². The molecule has 0 fully saturated rings. The Morgan fingerprint density at radius 2 is 2.06 bits per heavy atom. The van der Waals surface area contributed by atoms with E-state index in [2.05, 4.69) is 28.9 Å². The highest BCUT2D eigenvalue weighted by Crippen LogP contribution is 2.10. The van der Waals surface area contributed by atoms with Crippen LogP contribution in [0.25, 0.3) is 0 Å². The molecule has 1 aromatic rings. The van der Waals surface area contributed by atoms with Crippen molar-refractivity contribution in [2.45, 2.75) is 33.6 Å². The maximum absolute atomic E-state index is 11.4. The van der Waals surface area contributed by atoms with Crippen LogP contribution in [0.15, 0.2) is 12.1 Å². The fourth-order valence-corrected chi connectivity index (χ4v) is 1.59. The Kier molecular flexibility index (Phi) is 6.11. The first-order chi connectivity index (χ1) is 8.72. The number of unbranched alkanes of at least 4 members (excludes halogenated alkanes) is 1. The molecule has 0 atom stereocenters. The molecule has 1 aromatic heterocycles. The predicted octanol–water partition coefficient (Wildman–Crippen LogP) is 2.28.